The summed E-state index contributed by atoms with van der Waals surface area (Å²) in [5, 5.41) is 4.37. The molecule has 0 spiro atoms. The minimum Gasteiger partial charge on any atom is -0.744 e. The predicted octanol–water partition coefficient (Wildman–Crippen LogP) is 1.65. The average molecular weight is 694 g/mol. The standard InChI is InChI=1S/C37H33N2O7S2.2Li/c1-20-15-21(2)35(22(3)16-20)38-26-11-13-28-31(18-26)46-32-19-27(39-36-23(4)17-24(5)37(25(36)6)48(43,44)45)12-14-29(32)34(28)30-9-7-8-10-33(30)47(40,41)42;;/h7-15,17-19,39H,1-6H3,(H,40,41,42)(H,43,44,45);;/q-1;2*+1/p-2. The maximum atomic E-state index is 12.4. The van der Waals surface area contributed by atoms with Gasteiger partial charge in [0.2, 0.25) is 0 Å². The van der Waals surface area contributed by atoms with Crippen molar-refractivity contribution in [1.82, 2.24) is 0 Å². The van der Waals surface area contributed by atoms with Gasteiger partial charge < -0.3 is 23.8 Å². The molecule has 0 amide bonds. The SMILES string of the molecule is Cc1[c-]c(C)c(N=c2ccc3c(-c4ccccc4S(=O)(=O)[O-])c4ccc(Nc5c(C)cc(C)c(S(=O)(=O)[O-])c5C)cc4oc-3c2)c(C)c1.[Li+].[Li+]. The molecule has 13 heteroatoms. The Bertz CT molecular complexity index is 2540. The molecule has 246 valence electrons. The summed E-state index contributed by atoms with van der Waals surface area (Å²) in [7, 11) is -9.58. The van der Waals surface area contributed by atoms with Gasteiger partial charge in [0.05, 0.1) is 15.1 Å². The summed E-state index contributed by atoms with van der Waals surface area (Å²) in [6.45, 7) is 10.9. The second-order valence-corrected chi connectivity index (χ2v) is 14.6. The van der Waals surface area contributed by atoms with Gasteiger partial charge in [-0.1, -0.05) is 45.0 Å². The van der Waals surface area contributed by atoms with Crippen LogP contribution in [0, 0.1) is 47.6 Å². The van der Waals surface area contributed by atoms with Crippen molar-refractivity contribution in [1.29, 1.82) is 0 Å². The van der Waals surface area contributed by atoms with E-state index >= 15 is 0 Å². The summed E-state index contributed by atoms with van der Waals surface area (Å²) < 4.78 is 79.9. The number of fused-ring (bicyclic) bond motifs is 2. The Morgan fingerprint density at radius 1 is 0.740 bits per heavy atom. The van der Waals surface area contributed by atoms with Crippen LogP contribution in [0.5, 0.6) is 0 Å². The van der Waals surface area contributed by atoms with Gasteiger partial charge in [0.1, 0.15) is 31.6 Å². The van der Waals surface area contributed by atoms with Crippen LogP contribution in [0.2, 0.25) is 0 Å². The van der Waals surface area contributed by atoms with Gasteiger partial charge in [-0.15, -0.1) is 11.1 Å². The number of nitrogens with one attached hydrogen (secondary N) is 1. The van der Waals surface area contributed by atoms with Gasteiger partial charge in [-0.3, -0.25) is 0 Å². The molecule has 0 atom stereocenters. The molecular weight excluding hydrogens is 662 g/mol. The maximum Gasteiger partial charge on any atom is 1.00 e. The molecule has 1 aliphatic carbocycles. The van der Waals surface area contributed by atoms with Gasteiger partial charge in [0.25, 0.3) is 0 Å². The van der Waals surface area contributed by atoms with Crippen LogP contribution in [-0.4, -0.2) is 25.9 Å². The van der Waals surface area contributed by atoms with Crippen LogP contribution in [0.1, 0.15) is 33.4 Å². The second kappa shape index (κ2) is 14.6. The average Bonchev–Trinajstić information content (AvgIpc) is 2.98. The molecule has 0 saturated heterocycles. The summed E-state index contributed by atoms with van der Waals surface area (Å²) >= 11 is 0. The minimum absolute atomic E-state index is 0. The molecule has 1 aliphatic heterocycles. The number of rotatable bonds is 6. The van der Waals surface area contributed by atoms with Gasteiger partial charge in [0, 0.05) is 45.6 Å². The Labute approximate surface area is 316 Å². The molecule has 9 nitrogen and oxygen atoms in total. The third-order valence-electron chi connectivity index (χ3n) is 8.34. The molecule has 0 unspecified atom stereocenters. The van der Waals surface area contributed by atoms with E-state index in [4.69, 9.17) is 9.41 Å². The number of aryl methyl sites for hydroxylation is 5. The number of anilines is 2. The molecule has 2 aliphatic rings. The zero-order chi connectivity index (χ0) is 34.7. The molecule has 4 aromatic rings. The predicted molar refractivity (Wildman–Crippen MR) is 183 cm³/mol. The largest absolute Gasteiger partial charge is 1.00 e. The van der Waals surface area contributed by atoms with E-state index in [2.05, 4.69) is 11.4 Å². The van der Waals surface area contributed by atoms with Crippen molar-refractivity contribution >= 4 is 48.3 Å². The Hall–Kier alpha value is -3.62. The quantitative estimate of drug-likeness (QED) is 0.120. The Morgan fingerprint density at radius 3 is 2.10 bits per heavy atom. The molecule has 0 fully saturated rings. The van der Waals surface area contributed by atoms with E-state index in [9.17, 15) is 25.9 Å². The molecule has 4 aromatic carbocycles. The Kier molecular flexibility index (Phi) is 11.4. The topological polar surface area (TPSA) is 152 Å². The fourth-order valence-electron chi connectivity index (χ4n) is 6.48. The number of hydrogen-bond donors (Lipinski definition) is 1. The van der Waals surface area contributed by atoms with E-state index < -0.39 is 20.2 Å². The first kappa shape index (κ1) is 39.2. The van der Waals surface area contributed by atoms with Crippen molar-refractivity contribution in [2.45, 2.75) is 51.3 Å². The van der Waals surface area contributed by atoms with E-state index in [1.165, 1.54) is 12.1 Å². The van der Waals surface area contributed by atoms with E-state index in [1.807, 2.05) is 26.8 Å². The third kappa shape index (κ3) is 7.52. The summed E-state index contributed by atoms with van der Waals surface area (Å²) in [5.74, 6) is 0.392. The summed E-state index contributed by atoms with van der Waals surface area (Å²) in [6.07, 6.45) is 0. The fourth-order valence-corrected chi connectivity index (χ4v) is 8.09. The van der Waals surface area contributed by atoms with Gasteiger partial charge in [-0.25, -0.2) is 16.8 Å². The van der Waals surface area contributed by atoms with Gasteiger partial charge >= 0.3 is 37.7 Å². The first-order chi connectivity index (χ1) is 22.5. The van der Waals surface area contributed by atoms with Crippen LogP contribution in [0.3, 0.4) is 0 Å². The van der Waals surface area contributed by atoms with E-state index in [0.717, 1.165) is 27.9 Å². The minimum atomic E-state index is -4.85. The molecule has 1 heterocycles. The summed E-state index contributed by atoms with van der Waals surface area (Å²) in [4.78, 5) is 4.23. The van der Waals surface area contributed by atoms with Crippen LogP contribution in [0.4, 0.5) is 17.1 Å². The number of hydrogen-bond acceptors (Lipinski definition) is 9. The van der Waals surface area contributed by atoms with E-state index in [-0.39, 0.29) is 53.1 Å². The molecule has 1 N–H and O–H groups in total. The van der Waals surface area contributed by atoms with Crippen molar-refractivity contribution < 1.29 is 68.1 Å². The van der Waals surface area contributed by atoms with Gasteiger partial charge in [0.15, 0.2) is 0 Å². The first-order valence-corrected chi connectivity index (χ1v) is 17.8. The van der Waals surface area contributed by atoms with Crippen molar-refractivity contribution in [2.75, 3.05) is 5.32 Å². The van der Waals surface area contributed by atoms with Crippen LogP contribution in [-0.2, 0) is 20.2 Å². The van der Waals surface area contributed by atoms with Crippen LogP contribution in [0.25, 0.3) is 33.4 Å². The zero-order valence-corrected chi connectivity index (χ0v) is 30.7. The molecular formula is C37H31Li2N2O7S2-. The smallest absolute Gasteiger partial charge is 0.744 e. The first-order valence-electron chi connectivity index (χ1n) is 15.0. The van der Waals surface area contributed by atoms with Crippen LogP contribution >= 0.6 is 0 Å². The molecule has 0 bridgehead atoms. The van der Waals surface area contributed by atoms with E-state index in [1.54, 1.807) is 75.4 Å². The van der Waals surface area contributed by atoms with Crippen LogP contribution < -0.4 is 48.4 Å². The van der Waals surface area contributed by atoms with Crippen molar-refractivity contribution in [3.05, 3.63) is 118 Å². The monoisotopic (exact) mass is 693 g/mol. The van der Waals surface area contributed by atoms with E-state index in [0.29, 0.717) is 55.7 Å². The molecule has 6 rings (SSSR count). The normalized spacial score (nSPS) is 12.1. The van der Waals surface area contributed by atoms with Gasteiger partial charge in [-0.2, -0.15) is 17.7 Å². The van der Waals surface area contributed by atoms with Gasteiger partial charge in [-0.05, 0) is 73.5 Å². The fraction of sp³-hybridized carbons (Fsp3) is 0.162. The molecule has 0 saturated carbocycles. The van der Waals surface area contributed by atoms with Crippen LogP contribution in [0.15, 0.2) is 92.0 Å². The summed E-state index contributed by atoms with van der Waals surface area (Å²) in [5.41, 5.74) is 7.65. The summed E-state index contributed by atoms with van der Waals surface area (Å²) in [6, 6.07) is 23.5. The molecule has 50 heavy (non-hydrogen) atoms. The van der Waals surface area contributed by atoms with Crippen molar-refractivity contribution in [3.63, 3.8) is 0 Å². The third-order valence-corrected chi connectivity index (χ3v) is 10.4. The van der Waals surface area contributed by atoms with Crippen molar-refractivity contribution in [3.8, 4) is 22.5 Å². The number of nitrogens with zero attached hydrogens (tertiary/aromatic N) is 1. The zero-order valence-electron chi connectivity index (χ0n) is 29.0. The molecule has 0 aromatic heterocycles. The molecule has 0 radical (unpaired) electrons. The van der Waals surface area contributed by atoms with Crippen molar-refractivity contribution in [2.24, 2.45) is 4.99 Å². The Morgan fingerprint density at radius 2 is 1.44 bits per heavy atom. The Balaban J connectivity index is 0.00000281. The maximum absolute atomic E-state index is 12.4. The second-order valence-electron chi connectivity index (χ2n) is 12.0. The number of benzene rings is 5.